The molecule has 2 aliphatic rings. The van der Waals surface area contributed by atoms with Crippen LogP contribution >= 0.6 is 0 Å². The maximum absolute atomic E-state index is 12.5. The molecule has 4 rings (SSSR count). The van der Waals surface area contributed by atoms with E-state index in [0.717, 1.165) is 37.5 Å². The van der Waals surface area contributed by atoms with Gasteiger partial charge in [-0.3, -0.25) is 4.79 Å². The van der Waals surface area contributed by atoms with Crippen LogP contribution < -0.4 is 10.1 Å². The summed E-state index contributed by atoms with van der Waals surface area (Å²) in [5.74, 6) is 2.29. The monoisotopic (exact) mass is 362 g/mol. The predicted molar refractivity (Wildman–Crippen MR) is 89.3 cm³/mol. The molecular formula is C18H20F2N4O2. The Hall–Kier alpha value is -2.51. The Balaban J connectivity index is 1.39. The first-order chi connectivity index (χ1) is 12.6. The Morgan fingerprint density at radius 2 is 2.08 bits per heavy atom. The van der Waals surface area contributed by atoms with E-state index in [2.05, 4.69) is 24.8 Å². The van der Waals surface area contributed by atoms with Crippen LogP contribution in [-0.2, 0) is 13.0 Å². The average molecular weight is 362 g/mol. The molecule has 0 radical (unpaired) electrons. The number of aryl methyl sites for hydroxylation is 1. The number of amides is 1. The molecule has 6 nitrogen and oxygen atoms in total. The summed E-state index contributed by atoms with van der Waals surface area (Å²) in [6.07, 6.45) is 4.69. The van der Waals surface area contributed by atoms with Gasteiger partial charge in [-0.2, -0.15) is 8.78 Å². The number of hydrogen-bond donors (Lipinski definition) is 1. The van der Waals surface area contributed by atoms with E-state index in [1.807, 2.05) is 0 Å². The second-order valence-corrected chi connectivity index (χ2v) is 6.80. The first-order valence-electron chi connectivity index (χ1n) is 8.88. The molecule has 1 atom stereocenters. The fourth-order valence-corrected chi connectivity index (χ4v) is 3.38. The molecule has 138 valence electrons. The SMILES string of the molecule is O=C(NC1CCc2nnc(C3CC3)n2CC1)c1cccc(OC(F)F)c1. The van der Waals surface area contributed by atoms with Crippen molar-refractivity contribution in [2.45, 2.75) is 57.2 Å². The lowest BCUT2D eigenvalue weighted by molar-refractivity contribution is -0.0498. The number of alkyl halides is 2. The lowest BCUT2D eigenvalue weighted by atomic mass is 10.1. The molecular weight excluding hydrogens is 342 g/mol. The van der Waals surface area contributed by atoms with Crippen LogP contribution in [0, 0.1) is 0 Å². The van der Waals surface area contributed by atoms with Crippen molar-refractivity contribution in [1.29, 1.82) is 0 Å². The van der Waals surface area contributed by atoms with E-state index in [4.69, 9.17) is 0 Å². The van der Waals surface area contributed by atoms with Crippen molar-refractivity contribution in [1.82, 2.24) is 20.1 Å². The van der Waals surface area contributed by atoms with Gasteiger partial charge in [-0.15, -0.1) is 10.2 Å². The summed E-state index contributed by atoms with van der Waals surface area (Å²) in [5, 5.41) is 11.6. The van der Waals surface area contributed by atoms with E-state index in [9.17, 15) is 13.6 Å². The number of rotatable bonds is 5. The number of carbonyl (C=O) groups excluding carboxylic acids is 1. The maximum Gasteiger partial charge on any atom is 0.387 e. The van der Waals surface area contributed by atoms with Crippen LogP contribution in [0.25, 0.3) is 0 Å². The summed E-state index contributed by atoms with van der Waals surface area (Å²) in [6, 6.07) is 5.86. The fourth-order valence-electron chi connectivity index (χ4n) is 3.38. The molecule has 1 aliphatic heterocycles. The molecule has 8 heteroatoms. The van der Waals surface area contributed by atoms with Crippen molar-refractivity contribution in [3.63, 3.8) is 0 Å². The molecule has 26 heavy (non-hydrogen) atoms. The van der Waals surface area contributed by atoms with Gasteiger partial charge in [0.2, 0.25) is 0 Å². The van der Waals surface area contributed by atoms with Crippen molar-refractivity contribution in [3.05, 3.63) is 41.5 Å². The van der Waals surface area contributed by atoms with Crippen LogP contribution in [0.15, 0.2) is 24.3 Å². The smallest absolute Gasteiger partial charge is 0.387 e. The van der Waals surface area contributed by atoms with Gasteiger partial charge in [0.1, 0.15) is 17.4 Å². The van der Waals surface area contributed by atoms with Crippen LogP contribution in [-0.4, -0.2) is 33.3 Å². The van der Waals surface area contributed by atoms with Crippen molar-refractivity contribution in [2.24, 2.45) is 0 Å². The topological polar surface area (TPSA) is 69.0 Å². The minimum atomic E-state index is -2.91. The molecule has 1 fully saturated rings. The van der Waals surface area contributed by atoms with Gasteiger partial charge in [0.25, 0.3) is 5.91 Å². The quantitative estimate of drug-likeness (QED) is 0.888. The van der Waals surface area contributed by atoms with Crippen LogP contribution in [0.4, 0.5) is 8.78 Å². The van der Waals surface area contributed by atoms with Crippen molar-refractivity contribution >= 4 is 5.91 Å². The summed E-state index contributed by atoms with van der Waals surface area (Å²) in [5.41, 5.74) is 0.311. The number of carbonyl (C=O) groups is 1. The molecule has 0 saturated heterocycles. The largest absolute Gasteiger partial charge is 0.435 e. The first kappa shape index (κ1) is 16.9. The first-order valence-corrected chi connectivity index (χ1v) is 8.88. The van der Waals surface area contributed by atoms with Crippen LogP contribution in [0.3, 0.4) is 0 Å². The number of hydrogen-bond acceptors (Lipinski definition) is 4. The van der Waals surface area contributed by atoms with E-state index in [1.165, 1.54) is 31.0 Å². The van der Waals surface area contributed by atoms with E-state index >= 15 is 0 Å². The Labute approximate surface area is 149 Å². The highest BCUT2D eigenvalue weighted by molar-refractivity contribution is 5.94. The number of nitrogens with zero attached hydrogens (tertiary/aromatic N) is 3. The number of nitrogens with one attached hydrogen (secondary N) is 1. The van der Waals surface area contributed by atoms with Gasteiger partial charge in [0, 0.05) is 30.5 Å². The van der Waals surface area contributed by atoms with Gasteiger partial charge in [-0.05, 0) is 43.9 Å². The van der Waals surface area contributed by atoms with E-state index in [-0.39, 0.29) is 17.7 Å². The van der Waals surface area contributed by atoms with E-state index in [0.29, 0.717) is 11.5 Å². The molecule has 1 unspecified atom stereocenters. The second-order valence-electron chi connectivity index (χ2n) is 6.80. The van der Waals surface area contributed by atoms with Crippen molar-refractivity contribution in [3.8, 4) is 5.75 Å². The highest BCUT2D eigenvalue weighted by atomic mass is 19.3. The summed E-state index contributed by atoms with van der Waals surface area (Å²) in [6.45, 7) is -2.13. The predicted octanol–water partition coefficient (Wildman–Crippen LogP) is 2.89. The third kappa shape index (κ3) is 3.68. The average Bonchev–Trinajstić information content (AvgIpc) is 3.40. The third-order valence-electron chi connectivity index (χ3n) is 4.87. The zero-order valence-corrected chi connectivity index (χ0v) is 14.2. The lowest BCUT2D eigenvalue weighted by Gasteiger charge is -2.16. The Morgan fingerprint density at radius 3 is 2.85 bits per heavy atom. The summed E-state index contributed by atoms with van der Waals surface area (Å²) in [7, 11) is 0. The molecule has 1 saturated carbocycles. The van der Waals surface area contributed by atoms with Crippen LogP contribution in [0.2, 0.25) is 0 Å². The van der Waals surface area contributed by atoms with Crippen molar-refractivity contribution < 1.29 is 18.3 Å². The summed E-state index contributed by atoms with van der Waals surface area (Å²) in [4.78, 5) is 12.5. The molecule has 1 aromatic heterocycles. The molecule has 2 heterocycles. The van der Waals surface area contributed by atoms with E-state index < -0.39 is 6.61 Å². The van der Waals surface area contributed by atoms with Crippen LogP contribution in [0.5, 0.6) is 5.75 Å². The maximum atomic E-state index is 12.5. The molecule has 1 amide bonds. The van der Waals surface area contributed by atoms with E-state index in [1.54, 1.807) is 6.07 Å². The molecule has 1 aliphatic carbocycles. The second kappa shape index (κ2) is 7.01. The molecule has 2 aromatic rings. The van der Waals surface area contributed by atoms with Gasteiger partial charge < -0.3 is 14.6 Å². The number of fused-ring (bicyclic) bond motifs is 1. The van der Waals surface area contributed by atoms with Gasteiger partial charge in [-0.25, -0.2) is 0 Å². The highest BCUT2D eigenvalue weighted by Gasteiger charge is 2.31. The standard InChI is InChI=1S/C18H20F2N4O2/c19-18(20)26-14-3-1-2-12(10-14)17(25)21-13-6-7-15-22-23-16(11-4-5-11)24(15)9-8-13/h1-3,10-11,13,18H,4-9H2,(H,21,25). The Bertz CT molecular complexity index is 804. The minimum Gasteiger partial charge on any atom is -0.435 e. The normalized spacial score (nSPS) is 19.7. The number of aromatic nitrogens is 3. The van der Waals surface area contributed by atoms with Gasteiger partial charge in [-0.1, -0.05) is 6.07 Å². The molecule has 1 aromatic carbocycles. The van der Waals surface area contributed by atoms with Gasteiger partial charge >= 0.3 is 6.61 Å². The van der Waals surface area contributed by atoms with Gasteiger partial charge in [0.15, 0.2) is 0 Å². The summed E-state index contributed by atoms with van der Waals surface area (Å²) >= 11 is 0. The molecule has 1 N–H and O–H groups in total. The molecule has 0 spiro atoms. The van der Waals surface area contributed by atoms with Crippen molar-refractivity contribution in [2.75, 3.05) is 0 Å². The Morgan fingerprint density at radius 1 is 1.23 bits per heavy atom. The number of ether oxygens (including phenoxy) is 1. The minimum absolute atomic E-state index is 0.0101. The number of halogens is 2. The summed E-state index contributed by atoms with van der Waals surface area (Å²) < 4.78 is 31.2. The lowest BCUT2D eigenvalue weighted by Crippen LogP contribution is -2.35. The highest BCUT2D eigenvalue weighted by Crippen LogP contribution is 2.39. The Kier molecular flexibility index (Phi) is 4.57. The van der Waals surface area contributed by atoms with Gasteiger partial charge in [0.05, 0.1) is 0 Å². The third-order valence-corrected chi connectivity index (χ3v) is 4.87. The zero-order valence-electron chi connectivity index (χ0n) is 14.2. The van der Waals surface area contributed by atoms with Crippen LogP contribution in [0.1, 0.15) is 53.6 Å². The number of benzene rings is 1. The fraction of sp³-hybridized carbons (Fsp3) is 0.500. The molecule has 0 bridgehead atoms. The zero-order chi connectivity index (χ0) is 18.1.